The van der Waals surface area contributed by atoms with Crippen LogP contribution in [0, 0.1) is 11.6 Å². The third-order valence-electron chi connectivity index (χ3n) is 5.37. The zero-order valence-electron chi connectivity index (χ0n) is 15.8. The smallest absolute Gasteiger partial charge is 0.168 e. The number of rotatable bonds is 7. The molecule has 0 spiro atoms. The van der Waals surface area contributed by atoms with Crippen LogP contribution in [-0.4, -0.2) is 15.5 Å². The lowest BCUT2D eigenvalue weighted by Gasteiger charge is -2.17. The first-order chi connectivity index (χ1) is 13.5. The van der Waals surface area contributed by atoms with Crippen LogP contribution in [0.15, 0.2) is 30.3 Å². The zero-order valence-corrected chi connectivity index (χ0v) is 17.4. The van der Waals surface area contributed by atoms with Crippen molar-refractivity contribution in [2.75, 3.05) is 5.33 Å². The molecule has 0 aliphatic heterocycles. The average Bonchev–Trinajstić information content (AvgIpc) is 2.87. The standard InChI is InChI=1S/C23H25BrF2O2/c24-13-4-2-1-3-6-17-16(15-9-11-20(25)22(28)14-15)7-5-8-19-18(17)10-12-21(27)23(19)26/h9-12,14,27-28H,1-8,13H2. The third-order valence-corrected chi connectivity index (χ3v) is 5.93. The molecule has 28 heavy (non-hydrogen) atoms. The van der Waals surface area contributed by atoms with Crippen LogP contribution in [0.4, 0.5) is 8.78 Å². The molecule has 0 bridgehead atoms. The lowest BCUT2D eigenvalue weighted by molar-refractivity contribution is 0.428. The summed E-state index contributed by atoms with van der Waals surface area (Å²) >= 11 is 3.45. The van der Waals surface area contributed by atoms with Gasteiger partial charge in [-0.15, -0.1) is 0 Å². The summed E-state index contributed by atoms with van der Waals surface area (Å²) in [5.74, 6) is -1.88. The van der Waals surface area contributed by atoms with Gasteiger partial charge in [-0.1, -0.05) is 40.9 Å². The fourth-order valence-electron chi connectivity index (χ4n) is 3.95. The first kappa shape index (κ1) is 20.8. The SMILES string of the molecule is Oc1cc(C2=C(CCCCCCBr)c3ccc(O)c(F)c3CCC2)ccc1F. The van der Waals surface area contributed by atoms with Gasteiger partial charge >= 0.3 is 0 Å². The van der Waals surface area contributed by atoms with Gasteiger partial charge in [-0.3, -0.25) is 0 Å². The van der Waals surface area contributed by atoms with Gasteiger partial charge in [-0.05, 0) is 84.6 Å². The van der Waals surface area contributed by atoms with E-state index in [1.165, 1.54) is 18.2 Å². The Labute approximate surface area is 173 Å². The second-order valence-electron chi connectivity index (χ2n) is 7.25. The van der Waals surface area contributed by atoms with E-state index in [4.69, 9.17) is 0 Å². The summed E-state index contributed by atoms with van der Waals surface area (Å²) in [7, 11) is 0. The highest BCUT2D eigenvalue weighted by Gasteiger charge is 2.22. The van der Waals surface area contributed by atoms with Gasteiger partial charge in [0.25, 0.3) is 0 Å². The highest BCUT2D eigenvalue weighted by molar-refractivity contribution is 9.09. The predicted octanol–water partition coefficient (Wildman–Crippen LogP) is 6.97. The van der Waals surface area contributed by atoms with Crippen LogP contribution < -0.4 is 0 Å². The fraction of sp³-hybridized carbons (Fsp3) is 0.391. The Morgan fingerprint density at radius 3 is 2.43 bits per heavy atom. The monoisotopic (exact) mass is 450 g/mol. The molecule has 0 aromatic heterocycles. The number of fused-ring (bicyclic) bond motifs is 1. The Bertz CT molecular complexity index is 877. The van der Waals surface area contributed by atoms with Gasteiger partial charge < -0.3 is 10.2 Å². The number of aromatic hydroxyl groups is 2. The highest BCUT2D eigenvalue weighted by Crippen LogP contribution is 2.41. The Hall–Kier alpha value is -1.88. The van der Waals surface area contributed by atoms with E-state index < -0.39 is 11.6 Å². The Morgan fingerprint density at radius 1 is 0.893 bits per heavy atom. The van der Waals surface area contributed by atoms with Crippen molar-refractivity contribution in [3.05, 3.63) is 58.7 Å². The number of benzene rings is 2. The Morgan fingerprint density at radius 2 is 1.68 bits per heavy atom. The van der Waals surface area contributed by atoms with Crippen molar-refractivity contribution in [2.45, 2.75) is 51.4 Å². The minimum atomic E-state index is -0.648. The molecule has 2 N–H and O–H groups in total. The maximum Gasteiger partial charge on any atom is 0.168 e. The molecule has 0 saturated carbocycles. The van der Waals surface area contributed by atoms with E-state index >= 15 is 0 Å². The van der Waals surface area contributed by atoms with Gasteiger partial charge in [-0.25, -0.2) is 8.78 Å². The molecule has 2 aromatic carbocycles. The molecule has 150 valence electrons. The Kier molecular flexibility index (Phi) is 7.11. The number of phenols is 2. The van der Waals surface area contributed by atoms with E-state index in [2.05, 4.69) is 15.9 Å². The molecular formula is C23H25BrF2O2. The summed E-state index contributed by atoms with van der Waals surface area (Å²) < 4.78 is 28.2. The maximum absolute atomic E-state index is 14.6. The van der Waals surface area contributed by atoms with Crippen LogP contribution >= 0.6 is 15.9 Å². The average molecular weight is 451 g/mol. The number of hydrogen-bond donors (Lipinski definition) is 2. The number of halogens is 3. The molecular weight excluding hydrogens is 426 g/mol. The second-order valence-corrected chi connectivity index (χ2v) is 8.05. The molecule has 1 aliphatic rings. The van der Waals surface area contributed by atoms with E-state index in [1.807, 2.05) is 0 Å². The molecule has 3 rings (SSSR count). The van der Waals surface area contributed by atoms with Crippen molar-refractivity contribution in [3.63, 3.8) is 0 Å². The first-order valence-corrected chi connectivity index (χ1v) is 10.9. The number of hydrogen-bond acceptors (Lipinski definition) is 2. The molecule has 2 nitrogen and oxygen atoms in total. The van der Waals surface area contributed by atoms with Gasteiger partial charge in [0.2, 0.25) is 0 Å². The van der Waals surface area contributed by atoms with Crippen LogP contribution in [0.1, 0.15) is 61.6 Å². The summed E-state index contributed by atoms with van der Waals surface area (Å²) in [6.07, 6.45) is 7.07. The van der Waals surface area contributed by atoms with Gasteiger partial charge in [0.1, 0.15) is 0 Å². The molecule has 1 aliphatic carbocycles. The van der Waals surface area contributed by atoms with E-state index in [0.29, 0.717) is 12.0 Å². The van der Waals surface area contributed by atoms with E-state index in [9.17, 15) is 19.0 Å². The van der Waals surface area contributed by atoms with Crippen molar-refractivity contribution in [1.29, 1.82) is 0 Å². The number of allylic oxidation sites excluding steroid dienone is 2. The lowest BCUT2D eigenvalue weighted by atomic mass is 9.88. The topological polar surface area (TPSA) is 40.5 Å². The van der Waals surface area contributed by atoms with Crippen LogP contribution in [0.3, 0.4) is 0 Å². The van der Waals surface area contributed by atoms with E-state index in [0.717, 1.165) is 72.5 Å². The van der Waals surface area contributed by atoms with Crippen LogP contribution in [0.5, 0.6) is 11.5 Å². The number of alkyl halides is 1. The van der Waals surface area contributed by atoms with Gasteiger partial charge in [-0.2, -0.15) is 0 Å². The van der Waals surface area contributed by atoms with Crippen LogP contribution in [0.2, 0.25) is 0 Å². The second kappa shape index (κ2) is 9.55. The van der Waals surface area contributed by atoms with Crippen molar-refractivity contribution in [2.24, 2.45) is 0 Å². The summed E-state index contributed by atoms with van der Waals surface area (Å²) in [6.45, 7) is 0. The summed E-state index contributed by atoms with van der Waals surface area (Å²) in [6, 6.07) is 7.60. The molecule has 5 heteroatoms. The zero-order chi connectivity index (χ0) is 20.1. The first-order valence-electron chi connectivity index (χ1n) is 9.80. The lowest BCUT2D eigenvalue weighted by Crippen LogP contribution is -1.98. The molecule has 0 fully saturated rings. The molecule has 2 aromatic rings. The van der Waals surface area contributed by atoms with Crippen LogP contribution in [-0.2, 0) is 6.42 Å². The maximum atomic E-state index is 14.6. The summed E-state index contributed by atoms with van der Waals surface area (Å²) in [5.41, 5.74) is 4.22. The van der Waals surface area contributed by atoms with Gasteiger partial charge in [0.05, 0.1) is 0 Å². The van der Waals surface area contributed by atoms with Crippen molar-refractivity contribution in [1.82, 2.24) is 0 Å². The van der Waals surface area contributed by atoms with E-state index in [-0.39, 0.29) is 11.5 Å². The molecule has 0 heterocycles. The van der Waals surface area contributed by atoms with Crippen molar-refractivity contribution >= 4 is 27.1 Å². The number of phenolic OH excluding ortho intramolecular Hbond substituents is 2. The Balaban J connectivity index is 2.04. The predicted molar refractivity (Wildman–Crippen MR) is 113 cm³/mol. The summed E-state index contributed by atoms with van der Waals surface area (Å²) in [4.78, 5) is 0. The van der Waals surface area contributed by atoms with E-state index in [1.54, 1.807) is 12.1 Å². The minimum absolute atomic E-state index is 0.321. The minimum Gasteiger partial charge on any atom is -0.505 e. The molecule has 0 atom stereocenters. The number of unbranched alkanes of at least 4 members (excludes halogenated alkanes) is 3. The summed E-state index contributed by atoms with van der Waals surface area (Å²) in [5, 5.41) is 20.6. The third kappa shape index (κ3) is 4.57. The molecule has 0 saturated heterocycles. The van der Waals surface area contributed by atoms with Crippen LogP contribution in [0.25, 0.3) is 11.1 Å². The van der Waals surface area contributed by atoms with Crippen molar-refractivity contribution < 1.29 is 19.0 Å². The molecule has 0 amide bonds. The normalized spacial score (nSPS) is 14.1. The molecule has 0 unspecified atom stereocenters. The van der Waals surface area contributed by atoms with Crippen molar-refractivity contribution in [3.8, 4) is 11.5 Å². The van der Waals surface area contributed by atoms with Gasteiger partial charge in [0.15, 0.2) is 23.1 Å². The molecule has 0 radical (unpaired) electrons. The largest absolute Gasteiger partial charge is 0.505 e. The fourth-order valence-corrected chi connectivity index (χ4v) is 4.34. The highest BCUT2D eigenvalue weighted by atomic mass is 79.9. The van der Waals surface area contributed by atoms with Gasteiger partial charge in [0, 0.05) is 5.33 Å². The quantitative estimate of drug-likeness (QED) is 0.353.